The van der Waals surface area contributed by atoms with Gasteiger partial charge in [0.1, 0.15) is 5.54 Å². The van der Waals surface area contributed by atoms with Crippen molar-refractivity contribution in [3.63, 3.8) is 0 Å². The van der Waals surface area contributed by atoms with E-state index >= 15 is 0 Å². The molecule has 4 rings (SSSR count). The molecule has 0 unspecified atom stereocenters. The number of carbonyl (C=O) groups excluding carboxylic acids is 3. The highest BCUT2D eigenvalue weighted by molar-refractivity contribution is 6.10. The molecule has 3 atom stereocenters. The van der Waals surface area contributed by atoms with E-state index in [9.17, 15) is 23.2 Å². The van der Waals surface area contributed by atoms with E-state index in [0.717, 1.165) is 18.9 Å². The van der Waals surface area contributed by atoms with Crippen LogP contribution in [0.3, 0.4) is 0 Å². The van der Waals surface area contributed by atoms with Gasteiger partial charge in [-0.25, -0.2) is 8.78 Å². The SMILES string of the molecule is C[C@@H](C[C@@]1(C2CC2)NC(=O)CC1=O)C(=O)N1CCN(c2ccc(F)c(F)c2)[C@@H](C)C1. The van der Waals surface area contributed by atoms with Gasteiger partial charge < -0.3 is 15.1 Å². The van der Waals surface area contributed by atoms with Crippen LogP contribution in [0.1, 0.15) is 39.5 Å². The van der Waals surface area contributed by atoms with Gasteiger partial charge in [0.2, 0.25) is 11.8 Å². The molecule has 30 heavy (non-hydrogen) atoms. The Morgan fingerprint density at radius 1 is 1.23 bits per heavy atom. The Labute approximate surface area is 174 Å². The minimum Gasteiger partial charge on any atom is -0.365 e. The summed E-state index contributed by atoms with van der Waals surface area (Å²) in [5.41, 5.74) is -0.292. The second kappa shape index (κ2) is 7.63. The molecule has 0 bridgehead atoms. The highest BCUT2D eigenvalue weighted by Gasteiger charge is 2.56. The van der Waals surface area contributed by atoms with Crippen LogP contribution in [0.5, 0.6) is 0 Å². The number of piperazine rings is 1. The molecule has 1 aromatic carbocycles. The molecule has 2 heterocycles. The first-order valence-electron chi connectivity index (χ1n) is 10.6. The van der Waals surface area contributed by atoms with Crippen molar-refractivity contribution in [2.45, 2.75) is 51.1 Å². The minimum atomic E-state index is -0.888. The zero-order valence-corrected chi connectivity index (χ0v) is 17.3. The van der Waals surface area contributed by atoms with Gasteiger partial charge in [-0.15, -0.1) is 0 Å². The molecule has 3 aliphatic rings. The van der Waals surface area contributed by atoms with E-state index in [2.05, 4.69) is 5.32 Å². The van der Waals surface area contributed by atoms with E-state index < -0.39 is 23.1 Å². The Morgan fingerprint density at radius 2 is 1.97 bits per heavy atom. The minimum absolute atomic E-state index is 0.0410. The predicted octanol–water partition coefficient (Wildman–Crippen LogP) is 2.27. The predicted molar refractivity (Wildman–Crippen MR) is 107 cm³/mol. The van der Waals surface area contributed by atoms with Crippen LogP contribution in [0.4, 0.5) is 14.5 Å². The molecule has 162 valence electrons. The molecule has 1 aromatic rings. The van der Waals surface area contributed by atoms with E-state index in [-0.39, 0.29) is 36.0 Å². The summed E-state index contributed by atoms with van der Waals surface area (Å²) >= 11 is 0. The molecule has 2 aliphatic heterocycles. The van der Waals surface area contributed by atoms with E-state index in [4.69, 9.17) is 0 Å². The van der Waals surface area contributed by atoms with Gasteiger partial charge in [0, 0.05) is 43.3 Å². The van der Waals surface area contributed by atoms with Crippen molar-refractivity contribution in [2.24, 2.45) is 11.8 Å². The summed E-state index contributed by atoms with van der Waals surface area (Å²) in [4.78, 5) is 41.2. The summed E-state index contributed by atoms with van der Waals surface area (Å²) in [6.45, 7) is 5.19. The number of anilines is 1. The highest BCUT2D eigenvalue weighted by atomic mass is 19.2. The summed E-state index contributed by atoms with van der Waals surface area (Å²) in [7, 11) is 0. The molecule has 3 fully saturated rings. The molecular weight excluding hydrogens is 392 g/mol. The van der Waals surface area contributed by atoms with Crippen LogP contribution in [-0.4, -0.2) is 53.7 Å². The maximum absolute atomic E-state index is 13.6. The fourth-order valence-corrected chi connectivity index (χ4v) is 4.99. The van der Waals surface area contributed by atoms with Crippen LogP contribution < -0.4 is 10.2 Å². The number of hydrogen-bond donors (Lipinski definition) is 1. The molecule has 8 heteroatoms. The summed E-state index contributed by atoms with van der Waals surface area (Å²) < 4.78 is 26.8. The van der Waals surface area contributed by atoms with Crippen LogP contribution in [0, 0.1) is 23.5 Å². The Hall–Kier alpha value is -2.51. The standard InChI is InChI=1S/C22H27F2N3O3/c1-13(11-22(15-3-4-15)19(28)10-20(29)25-22)21(30)26-7-8-27(14(2)12-26)16-5-6-17(23)18(24)9-16/h5-6,9,13-15H,3-4,7-8,10-12H2,1-2H3,(H,25,29)/t13-,14-,22-/m0/s1. The average molecular weight is 419 g/mol. The number of nitrogens with one attached hydrogen (secondary N) is 1. The normalized spacial score (nSPS) is 27.9. The molecule has 2 saturated heterocycles. The molecule has 1 N–H and O–H groups in total. The van der Waals surface area contributed by atoms with Gasteiger partial charge in [0.15, 0.2) is 17.4 Å². The molecule has 1 aliphatic carbocycles. The first kappa shape index (κ1) is 20.8. The Bertz CT molecular complexity index is 888. The lowest BCUT2D eigenvalue weighted by Crippen LogP contribution is -2.56. The number of halogens is 2. The van der Waals surface area contributed by atoms with Crippen LogP contribution >= 0.6 is 0 Å². The van der Waals surface area contributed by atoms with Crippen molar-refractivity contribution < 1.29 is 23.2 Å². The summed E-state index contributed by atoms with van der Waals surface area (Å²) in [6.07, 6.45) is 2.04. The second-order valence-corrected chi connectivity index (χ2v) is 8.92. The number of nitrogens with zero attached hydrogens (tertiary/aromatic N) is 2. The third-order valence-corrected chi connectivity index (χ3v) is 6.68. The lowest BCUT2D eigenvalue weighted by Gasteiger charge is -2.42. The maximum atomic E-state index is 13.6. The van der Waals surface area contributed by atoms with Gasteiger partial charge in [-0.2, -0.15) is 0 Å². The number of benzene rings is 1. The van der Waals surface area contributed by atoms with Crippen molar-refractivity contribution >= 4 is 23.3 Å². The Morgan fingerprint density at radius 3 is 2.53 bits per heavy atom. The average Bonchev–Trinajstić information content (AvgIpc) is 3.50. The van der Waals surface area contributed by atoms with Gasteiger partial charge in [0.05, 0.1) is 6.42 Å². The smallest absolute Gasteiger partial charge is 0.228 e. The fraction of sp³-hybridized carbons (Fsp3) is 0.591. The first-order chi connectivity index (χ1) is 14.2. The molecule has 0 aromatic heterocycles. The van der Waals surface area contributed by atoms with E-state index in [1.165, 1.54) is 6.07 Å². The van der Waals surface area contributed by atoms with E-state index in [0.29, 0.717) is 31.7 Å². The van der Waals surface area contributed by atoms with Crippen LogP contribution in [0.15, 0.2) is 18.2 Å². The lowest BCUT2D eigenvalue weighted by molar-refractivity contribution is -0.137. The molecule has 1 saturated carbocycles. The third kappa shape index (κ3) is 3.68. The van der Waals surface area contributed by atoms with Gasteiger partial charge >= 0.3 is 0 Å². The van der Waals surface area contributed by atoms with Gasteiger partial charge in [-0.05, 0) is 44.2 Å². The van der Waals surface area contributed by atoms with Crippen molar-refractivity contribution in [3.8, 4) is 0 Å². The summed E-state index contributed by atoms with van der Waals surface area (Å²) in [5, 5.41) is 2.88. The Balaban J connectivity index is 1.41. The second-order valence-electron chi connectivity index (χ2n) is 8.92. The quantitative estimate of drug-likeness (QED) is 0.744. The number of amides is 2. The zero-order valence-electron chi connectivity index (χ0n) is 17.3. The van der Waals surface area contributed by atoms with Crippen LogP contribution in [-0.2, 0) is 14.4 Å². The number of Topliss-reactive ketones (excluding diaryl/α,β-unsaturated/α-hetero) is 1. The maximum Gasteiger partial charge on any atom is 0.228 e. The highest BCUT2D eigenvalue weighted by Crippen LogP contribution is 2.46. The summed E-state index contributed by atoms with van der Waals surface area (Å²) in [6, 6.07) is 3.77. The van der Waals surface area contributed by atoms with E-state index in [1.54, 1.807) is 11.0 Å². The number of rotatable bonds is 5. The molecule has 0 radical (unpaired) electrons. The lowest BCUT2D eigenvalue weighted by atomic mass is 9.81. The van der Waals surface area contributed by atoms with Gasteiger partial charge in [0.25, 0.3) is 0 Å². The van der Waals surface area contributed by atoms with Crippen LogP contribution in [0.25, 0.3) is 0 Å². The molecule has 0 spiro atoms. The Kier molecular flexibility index (Phi) is 5.28. The third-order valence-electron chi connectivity index (χ3n) is 6.68. The molecular formula is C22H27F2N3O3. The van der Waals surface area contributed by atoms with Crippen LogP contribution in [0.2, 0.25) is 0 Å². The number of hydrogen-bond acceptors (Lipinski definition) is 4. The zero-order chi connectivity index (χ0) is 21.6. The largest absolute Gasteiger partial charge is 0.365 e. The van der Waals surface area contributed by atoms with Gasteiger partial charge in [-0.3, -0.25) is 14.4 Å². The van der Waals surface area contributed by atoms with Crippen molar-refractivity contribution in [2.75, 3.05) is 24.5 Å². The molecule has 2 amide bonds. The number of ketones is 1. The topological polar surface area (TPSA) is 69.7 Å². The van der Waals surface area contributed by atoms with Gasteiger partial charge in [-0.1, -0.05) is 6.92 Å². The van der Waals surface area contributed by atoms with Crippen molar-refractivity contribution in [3.05, 3.63) is 29.8 Å². The van der Waals surface area contributed by atoms with Crippen molar-refractivity contribution in [1.29, 1.82) is 0 Å². The number of carbonyl (C=O) groups is 3. The molecule has 6 nitrogen and oxygen atoms in total. The monoisotopic (exact) mass is 419 g/mol. The fourth-order valence-electron chi connectivity index (χ4n) is 4.99. The van der Waals surface area contributed by atoms with E-state index in [1.807, 2.05) is 18.7 Å². The first-order valence-corrected chi connectivity index (χ1v) is 10.6. The summed E-state index contributed by atoms with van der Waals surface area (Å²) in [5.74, 6) is -2.41. The van der Waals surface area contributed by atoms with Crippen molar-refractivity contribution in [1.82, 2.24) is 10.2 Å².